The first kappa shape index (κ1) is 11.6. The van der Waals surface area contributed by atoms with Crippen molar-refractivity contribution in [1.29, 1.82) is 0 Å². The van der Waals surface area contributed by atoms with E-state index in [-0.39, 0.29) is 11.9 Å². The molecule has 3 rings (SSSR count). The second kappa shape index (κ2) is 5.01. The Kier molecular flexibility index (Phi) is 3.22. The van der Waals surface area contributed by atoms with Gasteiger partial charge in [-0.15, -0.1) is 0 Å². The van der Waals surface area contributed by atoms with E-state index < -0.39 is 0 Å². The quantitative estimate of drug-likeness (QED) is 0.857. The number of rotatable bonds is 3. The highest BCUT2D eigenvalue weighted by Crippen LogP contribution is 2.26. The molecule has 1 aliphatic heterocycles. The third kappa shape index (κ3) is 2.35. The minimum Gasteiger partial charge on any atom is -0.373 e. The summed E-state index contributed by atoms with van der Waals surface area (Å²) in [5.74, 6) is 0.857. The van der Waals surface area contributed by atoms with Crippen molar-refractivity contribution in [1.82, 2.24) is 5.32 Å². The monoisotopic (exact) mass is 244 g/mol. The molecule has 0 aromatic heterocycles. The molecule has 3 heteroatoms. The highest BCUT2D eigenvalue weighted by molar-refractivity contribution is 5.87. The minimum absolute atomic E-state index is 0.0798. The van der Waals surface area contributed by atoms with E-state index in [1.807, 2.05) is 18.2 Å². The molecule has 18 heavy (non-hydrogen) atoms. The third-order valence-corrected chi connectivity index (χ3v) is 4.13. The summed E-state index contributed by atoms with van der Waals surface area (Å²) in [6.45, 7) is 0.855. The first-order valence-electron chi connectivity index (χ1n) is 6.95. The van der Waals surface area contributed by atoms with Gasteiger partial charge in [-0.2, -0.15) is 0 Å². The standard InChI is InChI=1S/C15H20N2O/c18-15(16-10-11-5-1-2-6-11)14-9-12-7-3-4-8-13(12)17-14/h3-4,7-8,11,14,17H,1-2,5-6,9-10H2,(H,16,18). The highest BCUT2D eigenvalue weighted by atomic mass is 16.2. The van der Waals surface area contributed by atoms with E-state index in [9.17, 15) is 4.79 Å². The number of para-hydroxylation sites is 1. The molecule has 0 radical (unpaired) electrons. The van der Waals surface area contributed by atoms with Gasteiger partial charge in [0.25, 0.3) is 0 Å². The summed E-state index contributed by atoms with van der Waals surface area (Å²) in [5.41, 5.74) is 2.36. The molecule has 1 aromatic carbocycles. The van der Waals surface area contributed by atoms with E-state index in [0.717, 1.165) is 18.7 Å². The summed E-state index contributed by atoms with van der Waals surface area (Å²) in [6.07, 6.45) is 6.02. The molecule has 1 amide bonds. The average molecular weight is 244 g/mol. The zero-order valence-electron chi connectivity index (χ0n) is 10.6. The van der Waals surface area contributed by atoms with Gasteiger partial charge in [-0.3, -0.25) is 4.79 Å². The molecule has 1 heterocycles. The summed E-state index contributed by atoms with van der Waals surface area (Å²) < 4.78 is 0. The normalized spacial score (nSPS) is 22.6. The van der Waals surface area contributed by atoms with Crippen LogP contribution in [0.15, 0.2) is 24.3 Å². The summed E-state index contributed by atoms with van der Waals surface area (Å²) in [5, 5.41) is 6.40. The van der Waals surface area contributed by atoms with Crippen LogP contribution >= 0.6 is 0 Å². The van der Waals surface area contributed by atoms with Crippen molar-refractivity contribution in [3.05, 3.63) is 29.8 Å². The van der Waals surface area contributed by atoms with Gasteiger partial charge in [0, 0.05) is 18.7 Å². The lowest BCUT2D eigenvalue weighted by Gasteiger charge is -2.14. The van der Waals surface area contributed by atoms with Gasteiger partial charge < -0.3 is 10.6 Å². The van der Waals surface area contributed by atoms with Crippen LogP contribution in [0.1, 0.15) is 31.2 Å². The topological polar surface area (TPSA) is 41.1 Å². The summed E-state index contributed by atoms with van der Waals surface area (Å²) in [6, 6.07) is 8.08. The molecular formula is C15H20N2O. The zero-order valence-corrected chi connectivity index (χ0v) is 10.6. The lowest BCUT2D eigenvalue weighted by atomic mass is 10.1. The van der Waals surface area contributed by atoms with Crippen LogP contribution in [0.5, 0.6) is 0 Å². The van der Waals surface area contributed by atoms with Gasteiger partial charge in [0.2, 0.25) is 5.91 Å². The number of carbonyl (C=O) groups is 1. The Balaban J connectivity index is 1.52. The van der Waals surface area contributed by atoms with Crippen LogP contribution in [-0.2, 0) is 11.2 Å². The number of benzene rings is 1. The van der Waals surface area contributed by atoms with Crippen molar-refractivity contribution in [2.24, 2.45) is 5.92 Å². The molecule has 1 atom stereocenters. The Morgan fingerprint density at radius 1 is 1.28 bits per heavy atom. The Morgan fingerprint density at radius 2 is 2.06 bits per heavy atom. The fourth-order valence-corrected chi connectivity index (χ4v) is 3.04. The fraction of sp³-hybridized carbons (Fsp3) is 0.533. The molecule has 1 unspecified atom stereocenters. The number of hydrogen-bond acceptors (Lipinski definition) is 2. The first-order valence-corrected chi connectivity index (χ1v) is 6.95. The lowest BCUT2D eigenvalue weighted by molar-refractivity contribution is -0.121. The second-order valence-electron chi connectivity index (χ2n) is 5.45. The molecule has 2 N–H and O–H groups in total. The fourth-order valence-electron chi connectivity index (χ4n) is 3.04. The van der Waals surface area contributed by atoms with E-state index in [1.54, 1.807) is 0 Å². The van der Waals surface area contributed by atoms with Gasteiger partial charge in [-0.05, 0) is 30.4 Å². The van der Waals surface area contributed by atoms with Crippen molar-refractivity contribution in [2.75, 3.05) is 11.9 Å². The van der Waals surface area contributed by atoms with E-state index >= 15 is 0 Å². The Bertz CT molecular complexity index is 413. The largest absolute Gasteiger partial charge is 0.373 e. The van der Waals surface area contributed by atoms with Crippen molar-refractivity contribution in [3.63, 3.8) is 0 Å². The van der Waals surface area contributed by atoms with Crippen LogP contribution in [0.2, 0.25) is 0 Å². The van der Waals surface area contributed by atoms with E-state index in [1.165, 1.54) is 31.2 Å². The minimum atomic E-state index is -0.0798. The lowest BCUT2D eigenvalue weighted by Crippen LogP contribution is -2.40. The van der Waals surface area contributed by atoms with Crippen molar-refractivity contribution >= 4 is 11.6 Å². The molecule has 1 saturated carbocycles. The molecular weight excluding hydrogens is 224 g/mol. The molecule has 0 saturated heterocycles. The van der Waals surface area contributed by atoms with Gasteiger partial charge in [0.15, 0.2) is 0 Å². The smallest absolute Gasteiger partial charge is 0.242 e. The Hall–Kier alpha value is -1.51. The van der Waals surface area contributed by atoms with Gasteiger partial charge in [-0.1, -0.05) is 31.0 Å². The maximum Gasteiger partial charge on any atom is 0.242 e. The van der Waals surface area contributed by atoms with Crippen LogP contribution in [0, 0.1) is 5.92 Å². The highest BCUT2D eigenvalue weighted by Gasteiger charge is 2.26. The number of amides is 1. The van der Waals surface area contributed by atoms with E-state index in [4.69, 9.17) is 0 Å². The maximum atomic E-state index is 12.1. The first-order chi connectivity index (χ1) is 8.83. The second-order valence-corrected chi connectivity index (χ2v) is 5.45. The predicted octanol–water partition coefficient (Wildman–Crippen LogP) is 2.33. The van der Waals surface area contributed by atoms with E-state index in [0.29, 0.717) is 5.92 Å². The van der Waals surface area contributed by atoms with E-state index in [2.05, 4.69) is 16.7 Å². The van der Waals surface area contributed by atoms with Crippen LogP contribution in [0.3, 0.4) is 0 Å². The van der Waals surface area contributed by atoms with Gasteiger partial charge in [0.05, 0.1) is 0 Å². The van der Waals surface area contributed by atoms with Crippen LogP contribution < -0.4 is 10.6 Å². The third-order valence-electron chi connectivity index (χ3n) is 4.13. The number of hydrogen-bond donors (Lipinski definition) is 2. The summed E-state index contributed by atoms with van der Waals surface area (Å²) in [7, 11) is 0. The molecule has 1 aliphatic carbocycles. The average Bonchev–Trinajstić information content (AvgIpc) is 3.04. The van der Waals surface area contributed by atoms with Gasteiger partial charge in [0.1, 0.15) is 6.04 Å². The molecule has 0 bridgehead atoms. The number of anilines is 1. The van der Waals surface area contributed by atoms with Gasteiger partial charge in [-0.25, -0.2) is 0 Å². The molecule has 96 valence electrons. The number of fused-ring (bicyclic) bond motifs is 1. The maximum absolute atomic E-state index is 12.1. The zero-order chi connectivity index (χ0) is 12.4. The molecule has 0 spiro atoms. The Labute approximate surface area is 108 Å². The Morgan fingerprint density at radius 3 is 2.83 bits per heavy atom. The van der Waals surface area contributed by atoms with Crippen molar-refractivity contribution < 1.29 is 4.79 Å². The predicted molar refractivity (Wildman–Crippen MR) is 72.5 cm³/mol. The molecule has 1 aromatic rings. The molecule has 3 nitrogen and oxygen atoms in total. The summed E-state index contributed by atoms with van der Waals surface area (Å²) in [4.78, 5) is 12.1. The van der Waals surface area contributed by atoms with Crippen LogP contribution in [0.4, 0.5) is 5.69 Å². The number of carbonyl (C=O) groups excluding carboxylic acids is 1. The molecule has 1 fully saturated rings. The van der Waals surface area contributed by atoms with Crippen molar-refractivity contribution in [3.8, 4) is 0 Å². The summed E-state index contributed by atoms with van der Waals surface area (Å²) >= 11 is 0. The number of nitrogens with one attached hydrogen (secondary N) is 2. The van der Waals surface area contributed by atoms with Crippen LogP contribution in [0.25, 0.3) is 0 Å². The van der Waals surface area contributed by atoms with Crippen LogP contribution in [-0.4, -0.2) is 18.5 Å². The molecule has 2 aliphatic rings. The SMILES string of the molecule is O=C(NCC1CCCC1)C1Cc2ccccc2N1. The van der Waals surface area contributed by atoms with Crippen molar-refractivity contribution in [2.45, 2.75) is 38.1 Å². The van der Waals surface area contributed by atoms with Gasteiger partial charge >= 0.3 is 0 Å².